The van der Waals surface area contributed by atoms with Gasteiger partial charge < -0.3 is 19.8 Å². The molecule has 2 aromatic heterocycles. The lowest BCUT2D eigenvalue weighted by Crippen LogP contribution is -2.35. The molecule has 1 amide bonds. The van der Waals surface area contributed by atoms with Crippen LogP contribution < -0.4 is 5.73 Å². The van der Waals surface area contributed by atoms with Crippen molar-refractivity contribution in [2.45, 2.75) is 71.5 Å². The predicted molar refractivity (Wildman–Crippen MR) is 105 cm³/mol. The number of carbonyl (C=O) groups excluding carboxylic acids is 1. The van der Waals surface area contributed by atoms with Crippen LogP contribution in [0.4, 0.5) is 5.69 Å². The van der Waals surface area contributed by atoms with Gasteiger partial charge in [-0.15, -0.1) is 0 Å². The van der Waals surface area contributed by atoms with Crippen LogP contribution in [-0.2, 0) is 17.8 Å². The van der Waals surface area contributed by atoms with Gasteiger partial charge in [0.05, 0.1) is 29.0 Å². The van der Waals surface area contributed by atoms with Crippen molar-refractivity contribution in [2.75, 3.05) is 18.8 Å². The Bertz CT molecular complexity index is 892. The van der Waals surface area contributed by atoms with Crippen molar-refractivity contribution < 1.29 is 13.9 Å². The van der Waals surface area contributed by atoms with E-state index in [1.165, 1.54) is 6.42 Å². The zero-order valence-corrected chi connectivity index (χ0v) is 16.7. The van der Waals surface area contributed by atoms with Crippen LogP contribution in [0.2, 0.25) is 0 Å². The second-order valence-electron chi connectivity index (χ2n) is 8.71. The summed E-state index contributed by atoms with van der Waals surface area (Å²) in [6, 6.07) is 0. The number of nitrogens with two attached hydrogens (primary N) is 1. The molecule has 1 fully saturated rings. The van der Waals surface area contributed by atoms with Crippen molar-refractivity contribution in [3.8, 4) is 0 Å². The van der Waals surface area contributed by atoms with Crippen LogP contribution in [0.3, 0.4) is 0 Å². The molecule has 0 spiro atoms. The fourth-order valence-electron chi connectivity index (χ4n) is 4.26. The van der Waals surface area contributed by atoms with Gasteiger partial charge in [0.15, 0.2) is 0 Å². The third-order valence-electron chi connectivity index (χ3n) is 5.72. The molecule has 4 rings (SSSR count). The first-order chi connectivity index (χ1) is 12.8. The van der Waals surface area contributed by atoms with E-state index in [0.29, 0.717) is 18.0 Å². The fourth-order valence-corrected chi connectivity index (χ4v) is 4.26. The molecule has 1 saturated heterocycles. The molecule has 6 heteroatoms. The molecule has 146 valence electrons. The minimum absolute atomic E-state index is 0.114. The van der Waals surface area contributed by atoms with Crippen molar-refractivity contribution >= 4 is 22.7 Å². The molecule has 0 bridgehead atoms. The average molecular weight is 371 g/mol. The zero-order valence-electron chi connectivity index (χ0n) is 16.7. The van der Waals surface area contributed by atoms with Gasteiger partial charge in [-0.2, -0.15) is 0 Å². The number of rotatable bonds is 2. The predicted octanol–water partition coefficient (Wildman–Crippen LogP) is 4.01. The Morgan fingerprint density at radius 2 is 1.89 bits per heavy atom. The highest BCUT2D eigenvalue weighted by atomic mass is 16.5. The number of piperidine rings is 1. The van der Waals surface area contributed by atoms with Crippen LogP contribution in [0.1, 0.15) is 80.3 Å². The molecule has 0 saturated carbocycles. The second kappa shape index (κ2) is 6.51. The monoisotopic (exact) mass is 371 g/mol. The number of hydrogen-bond acceptors (Lipinski definition) is 5. The van der Waals surface area contributed by atoms with Crippen LogP contribution in [-0.4, -0.2) is 34.5 Å². The largest absolute Gasteiger partial charge is 0.430 e. The lowest BCUT2D eigenvalue weighted by Gasteiger charge is -2.33. The molecule has 0 atom stereocenters. The lowest BCUT2D eigenvalue weighted by molar-refractivity contribution is -0.0402. The van der Waals surface area contributed by atoms with Crippen LogP contribution in [0.5, 0.6) is 0 Å². The van der Waals surface area contributed by atoms with E-state index in [4.69, 9.17) is 19.9 Å². The maximum atomic E-state index is 13.0. The topological polar surface area (TPSA) is 81.6 Å². The maximum Gasteiger partial charge on any atom is 0.291 e. The van der Waals surface area contributed by atoms with Gasteiger partial charge in [-0.05, 0) is 44.6 Å². The van der Waals surface area contributed by atoms with Crippen molar-refractivity contribution in [3.05, 3.63) is 22.6 Å². The van der Waals surface area contributed by atoms with Gasteiger partial charge in [-0.3, -0.25) is 4.79 Å². The molecule has 2 N–H and O–H groups in total. The Hall–Kier alpha value is -2.08. The number of pyridine rings is 1. The van der Waals surface area contributed by atoms with E-state index in [1.807, 2.05) is 4.90 Å². The molecule has 2 aliphatic heterocycles. The van der Waals surface area contributed by atoms with E-state index >= 15 is 0 Å². The minimum atomic E-state index is -0.281. The summed E-state index contributed by atoms with van der Waals surface area (Å²) >= 11 is 0. The van der Waals surface area contributed by atoms with Gasteiger partial charge in [0.2, 0.25) is 11.5 Å². The molecule has 0 radical (unpaired) electrons. The van der Waals surface area contributed by atoms with Crippen LogP contribution in [0.15, 0.2) is 4.42 Å². The molecule has 0 aliphatic carbocycles. The summed E-state index contributed by atoms with van der Waals surface area (Å²) in [5, 5.41) is 0.797. The molecule has 4 heterocycles. The molecule has 2 aliphatic rings. The summed E-state index contributed by atoms with van der Waals surface area (Å²) in [5.41, 5.74) is 10.3. The zero-order chi connectivity index (χ0) is 19.3. The second-order valence-corrected chi connectivity index (χ2v) is 8.71. The van der Waals surface area contributed by atoms with Gasteiger partial charge in [0, 0.05) is 25.1 Å². The molecular weight excluding hydrogens is 342 g/mol. The number of ether oxygens (including phenoxy) is 1. The number of amides is 1. The number of nitrogen functional groups attached to an aromatic ring is 1. The number of likely N-dealkylation sites (tertiary alicyclic amines) is 1. The average Bonchev–Trinajstić information content (AvgIpc) is 2.97. The van der Waals surface area contributed by atoms with E-state index in [-0.39, 0.29) is 23.2 Å². The number of hydrogen-bond donors (Lipinski definition) is 1. The third kappa shape index (κ3) is 3.10. The Balaban J connectivity index is 1.88. The van der Waals surface area contributed by atoms with Crippen LogP contribution in [0, 0.1) is 0 Å². The Labute approximate surface area is 160 Å². The van der Waals surface area contributed by atoms with Crippen LogP contribution >= 0.6 is 0 Å². The van der Waals surface area contributed by atoms with Gasteiger partial charge in [0.25, 0.3) is 5.91 Å². The standard InChI is InChI=1S/C21H29N3O3/c1-12(2)17-14-11-26-21(3,4)10-13(14)15-16(22)18(27-19(15)23-17)20(25)24-8-6-5-7-9-24/h12H,5-11,22H2,1-4H3. The third-order valence-corrected chi connectivity index (χ3v) is 5.72. The number of furan rings is 1. The highest BCUT2D eigenvalue weighted by molar-refractivity contribution is 6.06. The van der Waals surface area contributed by atoms with Crippen molar-refractivity contribution in [1.82, 2.24) is 9.88 Å². The first kappa shape index (κ1) is 18.3. The van der Waals surface area contributed by atoms with Crippen molar-refractivity contribution in [3.63, 3.8) is 0 Å². The normalized spacial score (nSPS) is 19.5. The lowest BCUT2D eigenvalue weighted by atomic mass is 9.87. The molecule has 0 unspecified atom stereocenters. The quantitative estimate of drug-likeness (QED) is 0.862. The number of aromatic nitrogens is 1. The van der Waals surface area contributed by atoms with Gasteiger partial charge in [0.1, 0.15) is 0 Å². The van der Waals surface area contributed by atoms with Gasteiger partial charge in [-0.1, -0.05) is 13.8 Å². The van der Waals surface area contributed by atoms with Gasteiger partial charge >= 0.3 is 0 Å². The van der Waals surface area contributed by atoms with Crippen LogP contribution in [0.25, 0.3) is 11.1 Å². The summed E-state index contributed by atoms with van der Waals surface area (Å²) in [7, 11) is 0. The first-order valence-corrected chi connectivity index (χ1v) is 9.95. The van der Waals surface area contributed by atoms with E-state index in [9.17, 15) is 4.79 Å². The summed E-state index contributed by atoms with van der Waals surface area (Å²) in [6.45, 7) is 10.4. The van der Waals surface area contributed by atoms with E-state index in [0.717, 1.165) is 54.6 Å². The van der Waals surface area contributed by atoms with E-state index in [1.54, 1.807) is 0 Å². The Morgan fingerprint density at radius 1 is 1.19 bits per heavy atom. The van der Waals surface area contributed by atoms with E-state index < -0.39 is 0 Å². The highest BCUT2D eigenvalue weighted by Crippen LogP contribution is 2.40. The fraction of sp³-hybridized carbons (Fsp3) is 0.619. The van der Waals surface area contributed by atoms with Crippen molar-refractivity contribution in [1.29, 1.82) is 0 Å². The molecule has 6 nitrogen and oxygen atoms in total. The number of carbonyl (C=O) groups is 1. The SMILES string of the molecule is CC(C)c1nc2oc(C(=O)N3CCCCC3)c(N)c2c2c1COC(C)(C)C2. The maximum absolute atomic E-state index is 13.0. The highest BCUT2D eigenvalue weighted by Gasteiger charge is 2.34. The summed E-state index contributed by atoms with van der Waals surface area (Å²) in [5.74, 6) is 0.365. The summed E-state index contributed by atoms with van der Waals surface area (Å²) < 4.78 is 12.0. The number of anilines is 1. The first-order valence-electron chi connectivity index (χ1n) is 9.95. The Morgan fingerprint density at radius 3 is 2.56 bits per heavy atom. The summed E-state index contributed by atoms with van der Waals surface area (Å²) in [6.07, 6.45) is 3.95. The molecular formula is C21H29N3O3. The van der Waals surface area contributed by atoms with E-state index in [2.05, 4.69) is 27.7 Å². The smallest absolute Gasteiger partial charge is 0.291 e. The Kier molecular flexibility index (Phi) is 4.41. The number of nitrogens with zero attached hydrogens (tertiary/aromatic N) is 2. The summed E-state index contributed by atoms with van der Waals surface area (Å²) in [4.78, 5) is 19.6. The van der Waals surface area contributed by atoms with Gasteiger partial charge in [-0.25, -0.2) is 4.98 Å². The molecule has 27 heavy (non-hydrogen) atoms. The molecule has 0 aromatic carbocycles. The molecule has 2 aromatic rings. The van der Waals surface area contributed by atoms with Crippen molar-refractivity contribution in [2.24, 2.45) is 0 Å². The minimum Gasteiger partial charge on any atom is -0.430 e. The number of fused-ring (bicyclic) bond motifs is 3.